The van der Waals surface area contributed by atoms with Crippen molar-refractivity contribution < 1.29 is 4.79 Å². The van der Waals surface area contributed by atoms with E-state index >= 15 is 0 Å². The van der Waals surface area contributed by atoms with Gasteiger partial charge in [-0.2, -0.15) is 0 Å². The van der Waals surface area contributed by atoms with Gasteiger partial charge in [-0.15, -0.1) is 11.3 Å². The molecule has 0 bridgehead atoms. The minimum Gasteiger partial charge on any atom is -0.330 e. The highest BCUT2D eigenvalue weighted by Gasteiger charge is 2.13. The molecule has 0 aliphatic heterocycles. The Morgan fingerprint density at radius 2 is 2.00 bits per heavy atom. The first-order valence-electron chi connectivity index (χ1n) is 7.49. The average molecular weight is 297 g/mol. The number of anilines is 1. The summed E-state index contributed by atoms with van der Waals surface area (Å²) in [5.74, 6) is 0.648. The minimum absolute atomic E-state index is 0.103. The van der Waals surface area contributed by atoms with Gasteiger partial charge in [0, 0.05) is 6.42 Å². The topological polar surface area (TPSA) is 68.0 Å². The van der Waals surface area contributed by atoms with Crippen LogP contribution in [0.15, 0.2) is 0 Å². The van der Waals surface area contributed by atoms with Crippen molar-refractivity contribution >= 4 is 22.2 Å². The number of hydrogen-bond acceptors (Lipinski definition) is 4. The lowest BCUT2D eigenvalue weighted by Gasteiger charge is -2.07. The Bertz CT molecular complexity index is 415. The van der Waals surface area contributed by atoms with E-state index < -0.39 is 0 Å². The maximum atomic E-state index is 11.9. The summed E-state index contributed by atoms with van der Waals surface area (Å²) >= 11 is 1.57. The standard InChI is InChI=1S/C15H27N3OS/c1-11(2)10-13-15(20-12(3)17-13)18-14(19)8-6-4-5-7-9-16/h11H,4-10,16H2,1-3H3,(H,18,19). The van der Waals surface area contributed by atoms with Crippen molar-refractivity contribution in [3.8, 4) is 0 Å². The second kappa shape index (κ2) is 9.08. The molecule has 0 unspecified atom stereocenters. The number of aromatic nitrogens is 1. The predicted octanol–water partition coefficient (Wildman–Crippen LogP) is 3.50. The molecule has 1 rings (SSSR count). The van der Waals surface area contributed by atoms with Gasteiger partial charge in [-0.1, -0.05) is 26.7 Å². The summed E-state index contributed by atoms with van der Waals surface area (Å²) in [6, 6.07) is 0. The van der Waals surface area contributed by atoms with Gasteiger partial charge in [-0.3, -0.25) is 4.79 Å². The van der Waals surface area contributed by atoms with Gasteiger partial charge >= 0.3 is 0 Å². The molecule has 4 nitrogen and oxygen atoms in total. The first kappa shape index (κ1) is 17.1. The third-order valence-electron chi connectivity index (χ3n) is 3.02. The lowest BCUT2D eigenvalue weighted by atomic mass is 10.1. The molecule has 20 heavy (non-hydrogen) atoms. The maximum Gasteiger partial charge on any atom is 0.225 e. The van der Waals surface area contributed by atoms with E-state index in [0.717, 1.165) is 54.4 Å². The number of carbonyl (C=O) groups excluding carboxylic acids is 1. The van der Waals surface area contributed by atoms with E-state index in [4.69, 9.17) is 5.73 Å². The summed E-state index contributed by atoms with van der Waals surface area (Å²) in [4.78, 5) is 16.5. The quantitative estimate of drug-likeness (QED) is 0.685. The van der Waals surface area contributed by atoms with Gasteiger partial charge in [0.2, 0.25) is 5.91 Å². The molecule has 0 aliphatic carbocycles. The SMILES string of the molecule is Cc1nc(CC(C)C)c(NC(=O)CCCCCCN)s1. The Morgan fingerprint density at radius 1 is 1.30 bits per heavy atom. The summed E-state index contributed by atoms with van der Waals surface area (Å²) in [5.41, 5.74) is 6.47. The molecule has 1 aromatic rings. The van der Waals surface area contributed by atoms with Crippen molar-refractivity contribution in [3.63, 3.8) is 0 Å². The van der Waals surface area contributed by atoms with E-state index in [9.17, 15) is 4.79 Å². The largest absolute Gasteiger partial charge is 0.330 e. The summed E-state index contributed by atoms with van der Waals surface area (Å²) in [5, 5.41) is 4.97. The van der Waals surface area contributed by atoms with Crippen molar-refractivity contribution in [1.82, 2.24) is 4.98 Å². The van der Waals surface area contributed by atoms with E-state index in [1.165, 1.54) is 0 Å². The number of rotatable bonds is 9. The Balaban J connectivity index is 2.41. The number of amides is 1. The third kappa shape index (κ3) is 6.48. The Labute approximate surface area is 126 Å². The zero-order valence-corrected chi connectivity index (χ0v) is 13.7. The fraction of sp³-hybridized carbons (Fsp3) is 0.733. The average Bonchev–Trinajstić information content (AvgIpc) is 2.68. The van der Waals surface area contributed by atoms with Crippen LogP contribution in [0, 0.1) is 12.8 Å². The summed E-state index contributed by atoms with van der Waals surface area (Å²) in [7, 11) is 0. The van der Waals surface area contributed by atoms with E-state index in [0.29, 0.717) is 12.3 Å². The number of carbonyl (C=O) groups is 1. The molecule has 0 fully saturated rings. The number of hydrogen-bond donors (Lipinski definition) is 2. The van der Waals surface area contributed by atoms with E-state index in [1.807, 2.05) is 6.92 Å². The van der Waals surface area contributed by atoms with Gasteiger partial charge in [-0.25, -0.2) is 4.98 Å². The van der Waals surface area contributed by atoms with E-state index in [-0.39, 0.29) is 5.91 Å². The Hall–Kier alpha value is -0.940. The first-order valence-corrected chi connectivity index (χ1v) is 8.30. The van der Waals surface area contributed by atoms with E-state index in [1.54, 1.807) is 11.3 Å². The summed E-state index contributed by atoms with van der Waals surface area (Å²) in [6.07, 6.45) is 5.67. The number of nitrogens with two attached hydrogens (primary N) is 1. The number of thiazole rings is 1. The highest BCUT2D eigenvalue weighted by Crippen LogP contribution is 2.26. The molecule has 5 heteroatoms. The second-order valence-corrected chi connectivity index (χ2v) is 6.81. The van der Waals surface area contributed by atoms with Gasteiger partial charge in [0.25, 0.3) is 0 Å². The fourth-order valence-electron chi connectivity index (χ4n) is 2.07. The van der Waals surface area contributed by atoms with Gasteiger partial charge in [0.15, 0.2) is 0 Å². The van der Waals surface area contributed by atoms with Gasteiger partial charge in [0.1, 0.15) is 5.00 Å². The van der Waals surface area contributed by atoms with Gasteiger partial charge in [-0.05, 0) is 38.6 Å². The first-order chi connectivity index (χ1) is 9.52. The third-order valence-corrected chi connectivity index (χ3v) is 3.95. The molecule has 3 N–H and O–H groups in total. The van der Waals surface area contributed by atoms with Crippen LogP contribution in [-0.2, 0) is 11.2 Å². The molecule has 114 valence electrons. The molecule has 0 spiro atoms. The van der Waals surface area contributed by atoms with Crippen LogP contribution in [0.25, 0.3) is 0 Å². The van der Waals surface area contributed by atoms with Crippen LogP contribution in [0.5, 0.6) is 0 Å². The lowest BCUT2D eigenvalue weighted by Crippen LogP contribution is -2.12. The van der Waals surface area contributed by atoms with Crippen LogP contribution in [0.2, 0.25) is 0 Å². The molecule has 1 amide bonds. The van der Waals surface area contributed by atoms with Crippen LogP contribution in [0.4, 0.5) is 5.00 Å². The van der Waals surface area contributed by atoms with Crippen LogP contribution in [0.1, 0.15) is 56.7 Å². The zero-order chi connectivity index (χ0) is 15.0. The molecule has 0 atom stereocenters. The summed E-state index contributed by atoms with van der Waals surface area (Å²) < 4.78 is 0. The zero-order valence-electron chi connectivity index (χ0n) is 12.9. The normalized spacial score (nSPS) is 11.1. The number of nitrogens with zero attached hydrogens (tertiary/aromatic N) is 1. The van der Waals surface area contributed by atoms with Crippen LogP contribution in [0.3, 0.4) is 0 Å². The van der Waals surface area contributed by atoms with Crippen molar-refractivity contribution in [2.45, 2.75) is 59.3 Å². The van der Waals surface area contributed by atoms with Crippen molar-refractivity contribution in [1.29, 1.82) is 0 Å². The molecule has 0 aliphatic rings. The van der Waals surface area contributed by atoms with Crippen molar-refractivity contribution in [3.05, 3.63) is 10.7 Å². The van der Waals surface area contributed by atoms with Crippen LogP contribution >= 0.6 is 11.3 Å². The van der Waals surface area contributed by atoms with Crippen molar-refractivity contribution in [2.75, 3.05) is 11.9 Å². The van der Waals surface area contributed by atoms with Crippen molar-refractivity contribution in [2.24, 2.45) is 11.7 Å². The number of nitrogens with one attached hydrogen (secondary N) is 1. The van der Waals surface area contributed by atoms with Crippen LogP contribution < -0.4 is 11.1 Å². The predicted molar refractivity (Wildman–Crippen MR) is 86.2 cm³/mol. The molecule has 1 aromatic heterocycles. The number of aryl methyl sites for hydroxylation is 1. The monoisotopic (exact) mass is 297 g/mol. The van der Waals surface area contributed by atoms with Crippen LogP contribution in [-0.4, -0.2) is 17.4 Å². The second-order valence-electron chi connectivity index (χ2n) is 5.61. The Kier molecular flexibility index (Phi) is 7.77. The smallest absolute Gasteiger partial charge is 0.225 e. The number of unbranched alkanes of at least 4 members (excludes halogenated alkanes) is 3. The molecule has 0 radical (unpaired) electrons. The van der Waals surface area contributed by atoms with Gasteiger partial charge < -0.3 is 11.1 Å². The Morgan fingerprint density at radius 3 is 2.65 bits per heavy atom. The molecule has 0 saturated carbocycles. The molecule has 0 aromatic carbocycles. The molecular weight excluding hydrogens is 270 g/mol. The fourth-order valence-corrected chi connectivity index (χ4v) is 2.93. The highest BCUT2D eigenvalue weighted by molar-refractivity contribution is 7.16. The molecule has 1 heterocycles. The maximum absolute atomic E-state index is 11.9. The van der Waals surface area contributed by atoms with Gasteiger partial charge in [0.05, 0.1) is 10.7 Å². The molecular formula is C15H27N3OS. The van der Waals surface area contributed by atoms with E-state index in [2.05, 4.69) is 24.1 Å². The minimum atomic E-state index is 0.103. The highest BCUT2D eigenvalue weighted by atomic mass is 32.1. The molecule has 0 saturated heterocycles. The lowest BCUT2D eigenvalue weighted by molar-refractivity contribution is -0.116. The summed E-state index contributed by atoms with van der Waals surface area (Å²) in [6.45, 7) is 7.05.